The van der Waals surface area contributed by atoms with Gasteiger partial charge < -0.3 is 24.5 Å². The number of fused-ring (bicyclic) bond motifs is 1. The lowest BCUT2D eigenvalue weighted by molar-refractivity contribution is 0.0708. The molecule has 3 N–H and O–H groups in total. The summed E-state index contributed by atoms with van der Waals surface area (Å²) in [6, 6.07) is 7.66. The minimum atomic E-state index is -3.89. The molecule has 12 heteroatoms. The number of aromatic nitrogens is 4. The number of nitrogen functional groups attached to an aromatic ring is 1. The van der Waals surface area contributed by atoms with Gasteiger partial charge in [-0.15, -0.1) is 0 Å². The van der Waals surface area contributed by atoms with Crippen molar-refractivity contribution in [1.29, 1.82) is 0 Å². The number of nitrogens with zero attached hydrogens (tertiary/aromatic N) is 4. The van der Waals surface area contributed by atoms with Crippen molar-refractivity contribution >= 4 is 46.2 Å². The molecule has 0 saturated heterocycles. The van der Waals surface area contributed by atoms with Crippen LogP contribution in [0.25, 0.3) is 11.2 Å². The van der Waals surface area contributed by atoms with Crippen LogP contribution in [-0.2, 0) is 27.0 Å². The lowest BCUT2D eigenvalue weighted by atomic mass is 10.2. The minimum Gasteiger partial charge on any atom is -0.382 e. The van der Waals surface area contributed by atoms with Crippen LogP contribution in [0.3, 0.4) is 0 Å². The first-order chi connectivity index (χ1) is 13.9. The van der Waals surface area contributed by atoms with Crippen molar-refractivity contribution in [1.82, 2.24) is 19.5 Å². The van der Waals surface area contributed by atoms with Crippen molar-refractivity contribution in [3.05, 3.63) is 42.5 Å². The summed E-state index contributed by atoms with van der Waals surface area (Å²) in [5.74, 6) is 0.301. The fraction of sp³-hybridized carbons (Fsp3) is 0.353. The molecular formula is C17H22N5O4PS2. The van der Waals surface area contributed by atoms with Crippen LogP contribution in [0.1, 0.15) is 12.5 Å². The van der Waals surface area contributed by atoms with Crippen molar-refractivity contribution in [3.8, 4) is 0 Å². The Morgan fingerprint density at radius 2 is 2.17 bits per heavy atom. The third-order valence-electron chi connectivity index (χ3n) is 3.92. The van der Waals surface area contributed by atoms with Crippen LogP contribution in [0.4, 0.5) is 5.82 Å². The maximum atomic E-state index is 12.3. The molecule has 2 aromatic heterocycles. The fourth-order valence-corrected chi connectivity index (χ4v) is 4.86. The monoisotopic (exact) mass is 455 g/mol. The predicted molar refractivity (Wildman–Crippen MR) is 116 cm³/mol. The third-order valence-corrected chi connectivity index (χ3v) is 6.61. The molecule has 0 aliphatic carbocycles. The Kier molecular flexibility index (Phi) is 7.55. The Morgan fingerprint density at radius 3 is 2.97 bits per heavy atom. The molecule has 0 bridgehead atoms. The summed E-state index contributed by atoms with van der Waals surface area (Å²) in [5, 5.41) is 0. The number of anilines is 1. The summed E-state index contributed by atoms with van der Waals surface area (Å²) in [5.41, 5.74) is 7.70. The second-order valence-electron chi connectivity index (χ2n) is 6.24. The van der Waals surface area contributed by atoms with E-state index in [1.54, 1.807) is 39.4 Å². The molecule has 29 heavy (non-hydrogen) atoms. The number of hydrogen-bond acceptors (Lipinski definition) is 9. The molecule has 2 unspecified atom stereocenters. The van der Waals surface area contributed by atoms with E-state index in [1.165, 1.54) is 6.33 Å². The van der Waals surface area contributed by atoms with Gasteiger partial charge in [0.1, 0.15) is 18.2 Å². The third kappa shape index (κ3) is 6.18. The average Bonchev–Trinajstić information content (AvgIpc) is 3.10. The Labute approximate surface area is 176 Å². The van der Waals surface area contributed by atoms with E-state index in [-0.39, 0.29) is 12.7 Å². The smallest absolute Gasteiger partial charge is 0.353 e. The summed E-state index contributed by atoms with van der Waals surface area (Å²) in [7, 11) is -0.641. The predicted octanol–water partition coefficient (Wildman–Crippen LogP) is 3.54. The minimum absolute atomic E-state index is 0.0383. The highest BCUT2D eigenvalue weighted by molar-refractivity contribution is 8.76. The second kappa shape index (κ2) is 9.92. The molecule has 3 rings (SSSR count). The number of hydrogen-bond donors (Lipinski definition) is 2. The fourth-order valence-electron chi connectivity index (χ4n) is 2.58. The molecule has 0 aliphatic rings. The van der Waals surface area contributed by atoms with Gasteiger partial charge >= 0.3 is 7.60 Å². The zero-order chi connectivity index (χ0) is 20.9. The van der Waals surface area contributed by atoms with Crippen LogP contribution in [0.5, 0.6) is 0 Å². The molecule has 0 amide bonds. The second-order valence-corrected chi connectivity index (χ2v) is 10.5. The number of nitrogens with two attached hydrogens (primary N) is 1. The first kappa shape index (κ1) is 22.1. The van der Waals surface area contributed by atoms with Crippen molar-refractivity contribution in [2.45, 2.75) is 31.1 Å². The van der Waals surface area contributed by atoms with Crippen LogP contribution in [0.2, 0.25) is 0 Å². The maximum Gasteiger partial charge on any atom is 0.353 e. The number of ether oxygens (including phenoxy) is 1. The van der Waals surface area contributed by atoms with Crippen molar-refractivity contribution in [2.75, 3.05) is 18.3 Å². The molecule has 9 nitrogen and oxygen atoms in total. The quantitative estimate of drug-likeness (QED) is 0.346. The normalized spacial score (nSPS) is 14.7. The molecule has 0 fully saturated rings. The van der Waals surface area contributed by atoms with Gasteiger partial charge in [-0.25, -0.2) is 15.0 Å². The number of imidazole rings is 1. The van der Waals surface area contributed by atoms with Crippen molar-refractivity contribution < 1.29 is 18.7 Å². The van der Waals surface area contributed by atoms with Crippen LogP contribution in [-0.4, -0.2) is 43.1 Å². The highest BCUT2D eigenvalue weighted by Crippen LogP contribution is 2.43. The lowest BCUT2D eigenvalue weighted by Gasteiger charge is -2.17. The van der Waals surface area contributed by atoms with Gasteiger partial charge in [0.15, 0.2) is 11.5 Å². The first-order valence-electron chi connectivity index (χ1n) is 8.67. The first-order valence-corrected chi connectivity index (χ1v) is 13.0. The van der Waals surface area contributed by atoms with E-state index in [0.717, 1.165) is 10.5 Å². The highest BCUT2D eigenvalue weighted by atomic mass is 33.1. The molecule has 0 spiro atoms. The summed E-state index contributed by atoms with van der Waals surface area (Å²) in [6.07, 6.45) is 4.17. The molecule has 0 radical (unpaired) electrons. The van der Waals surface area contributed by atoms with Gasteiger partial charge in [0.2, 0.25) is 0 Å². The zero-order valence-electron chi connectivity index (χ0n) is 16.0. The van der Waals surface area contributed by atoms with E-state index in [9.17, 15) is 9.46 Å². The summed E-state index contributed by atoms with van der Waals surface area (Å²) in [4.78, 5) is 23.4. The Balaban J connectivity index is 1.52. The van der Waals surface area contributed by atoms with Gasteiger partial charge in [0, 0.05) is 4.90 Å². The Bertz CT molecular complexity index is 1020. The van der Waals surface area contributed by atoms with E-state index in [4.69, 9.17) is 15.0 Å². The van der Waals surface area contributed by atoms with E-state index < -0.39 is 13.9 Å². The maximum absolute atomic E-state index is 12.3. The van der Waals surface area contributed by atoms with Gasteiger partial charge in [-0.2, -0.15) is 0 Å². The van der Waals surface area contributed by atoms with Crippen molar-refractivity contribution in [2.24, 2.45) is 0 Å². The largest absolute Gasteiger partial charge is 0.382 e. The van der Waals surface area contributed by atoms with Crippen LogP contribution >= 0.6 is 29.2 Å². The highest BCUT2D eigenvalue weighted by Gasteiger charge is 2.22. The zero-order valence-corrected chi connectivity index (χ0v) is 18.5. The van der Waals surface area contributed by atoms with Gasteiger partial charge in [0.25, 0.3) is 0 Å². The number of benzene rings is 1. The summed E-state index contributed by atoms with van der Waals surface area (Å²) >= 11 is 0. The molecule has 0 saturated carbocycles. The van der Waals surface area contributed by atoms with Crippen LogP contribution in [0, 0.1) is 0 Å². The Morgan fingerprint density at radius 1 is 1.34 bits per heavy atom. The summed E-state index contributed by atoms with van der Waals surface area (Å²) < 4.78 is 24.8. The van der Waals surface area contributed by atoms with E-state index in [0.29, 0.717) is 23.5 Å². The van der Waals surface area contributed by atoms with Crippen LogP contribution < -0.4 is 5.73 Å². The topological polar surface area (TPSA) is 125 Å². The van der Waals surface area contributed by atoms with E-state index in [1.807, 2.05) is 30.5 Å². The molecule has 3 aromatic rings. The van der Waals surface area contributed by atoms with E-state index >= 15 is 0 Å². The van der Waals surface area contributed by atoms with E-state index in [2.05, 4.69) is 15.0 Å². The lowest BCUT2D eigenvalue weighted by Crippen LogP contribution is -2.17. The molecular weight excluding hydrogens is 433 g/mol. The van der Waals surface area contributed by atoms with Gasteiger partial charge in [-0.3, -0.25) is 4.57 Å². The Hall–Kier alpha value is -1.62. The summed E-state index contributed by atoms with van der Waals surface area (Å²) in [6.45, 7) is 2.22. The molecule has 156 valence electrons. The van der Waals surface area contributed by atoms with Crippen molar-refractivity contribution in [3.63, 3.8) is 0 Å². The molecule has 0 aliphatic heterocycles. The standard InChI is InChI=1S/C17H22N5O4PS2/c1-12(7-22-10-21-15-16(18)19-9-20-17(15)22)25-11-27(23,24)26-8-13-4-3-5-14(6-13)29-28-2/h3-6,9-10,12H,7-8,11H2,1-2H3,(H,23,24)(H2,18,19,20). The molecule has 1 aromatic carbocycles. The van der Waals surface area contributed by atoms with Gasteiger partial charge in [0.05, 0.1) is 25.6 Å². The number of rotatable bonds is 10. The molecule has 2 atom stereocenters. The van der Waals surface area contributed by atoms with Gasteiger partial charge in [-0.05, 0) is 30.9 Å². The van der Waals surface area contributed by atoms with Crippen LogP contribution in [0.15, 0.2) is 41.8 Å². The molecule has 2 heterocycles. The van der Waals surface area contributed by atoms with Gasteiger partial charge in [-0.1, -0.05) is 33.7 Å². The average molecular weight is 456 g/mol. The SMILES string of the molecule is CSSc1cccc(COP(=O)(O)COC(C)Cn2cnc3c(N)ncnc32)c1.